The van der Waals surface area contributed by atoms with Crippen molar-refractivity contribution < 1.29 is 15.0 Å². The van der Waals surface area contributed by atoms with Gasteiger partial charge in [-0.25, -0.2) is 9.50 Å². The third-order valence-corrected chi connectivity index (χ3v) is 5.89. The minimum absolute atomic E-state index is 0.337. The fourth-order valence-electron chi connectivity index (χ4n) is 4.38. The Kier molecular flexibility index (Phi) is 5.34. The highest BCUT2D eigenvalue weighted by Gasteiger charge is 2.48. The van der Waals surface area contributed by atoms with Crippen LogP contribution in [-0.4, -0.2) is 54.9 Å². The van der Waals surface area contributed by atoms with Crippen LogP contribution in [0.15, 0.2) is 48.9 Å². The minimum atomic E-state index is -1.10. The van der Waals surface area contributed by atoms with E-state index in [0.717, 1.165) is 28.8 Å². The summed E-state index contributed by atoms with van der Waals surface area (Å²) in [7, 11) is 0. The summed E-state index contributed by atoms with van der Waals surface area (Å²) in [6, 6.07) is 10.0. The first-order valence-corrected chi connectivity index (χ1v) is 10.0. The van der Waals surface area contributed by atoms with Gasteiger partial charge >= 0.3 is 5.97 Å². The molecular formula is C22H26N4O3. The minimum Gasteiger partial charge on any atom is -0.481 e. The molecule has 0 radical (unpaired) electrons. The molecule has 3 heterocycles. The van der Waals surface area contributed by atoms with Crippen LogP contribution in [0.2, 0.25) is 0 Å². The highest BCUT2D eigenvalue weighted by atomic mass is 16.4. The molecule has 2 aromatic heterocycles. The summed E-state index contributed by atoms with van der Waals surface area (Å²) in [5.74, 6) is -0.912. The normalized spacial score (nSPS) is 22.8. The second-order valence-electron chi connectivity index (χ2n) is 7.88. The van der Waals surface area contributed by atoms with Gasteiger partial charge in [0.05, 0.1) is 12.3 Å². The van der Waals surface area contributed by atoms with Gasteiger partial charge in [0.25, 0.3) is 0 Å². The molecule has 3 aromatic rings. The van der Waals surface area contributed by atoms with Gasteiger partial charge in [0.15, 0.2) is 5.65 Å². The molecule has 0 saturated carbocycles. The zero-order chi connectivity index (χ0) is 20.4. The summed E-state index contributed by atoms with van der Waals surface area (Å²) in [5, 5.41) is 24.7. The van der Waals surface area contributed by atoms with Crippen molar-refractivity contribution in [2.24, 2.45) is 5.41 Å². The molecule has 0 aliphatic carbocycles. The van der Waals surface area contributed by atoms with Crippen LogP contribution in [0.25, 0.3) is 16.8 Å². The zero-order valence-corrected chi connectivity index (χ0v) is 16.5. The van der Waals surface area contributed by atoms with Crippen LogP contribution in [0.4, 0.5) is 0 Å². The van der Waals surface area contributed by atoms with Crippen molar-refractivity contribution in [3.05, 3.63) is 54.5 Å². The summed E-state index contributed by atoms with van der Waals surface area (Å²) in [4.78, 5) is 18.7. The maximum atomic E-state index is 12.0. The molecular weight excluding hydrogens is 368 g/mol. The van der Waals surface area contributed by atoms with Crippen LogP contribution in [0.3, 0.4) is 0 Å². The van der Waals surface area contributed by atoms with E-state index in [-0.39, 0.29) is 0 Å². The van der Waals surface area contributed by atoms with Gasteiger partial charge in [-0.3, -0.25) is 9.69 Å². The number of carboxylic acids is 1. The number of piperidine rings is 1. The molecule has 1 aliphatic heterocycles. The molecule has 29 heavy (non-hydrogen) atoms. The summed E-state index contributed by atoms with van der Waals surface area (Å²) in [6.07, 6.45) is 6.43. The average molecular weight is 394 g/mol. The lowest BCUT2D eigenvalue weighted by Gasteiger charge is -2.43. The number of nitrogens with zero attached hydrogens (tertiary/aromatic N) is 4. The summed E-state index contributed by atoms with van der Waals surface area (Å²) in [6.45, 7) is 3.53. The molecule has 7 nitrogen and oxygen atoms in total. The number of hydrogen-bond acceptors (Lipinski definition) is 5. The van der Waals surface area contributed by atoms with Crippen LogP contribution in [0.5, 0.6) is 0 Å². The van der Waals surface area contributed by atoms with Gasteiger partial charge < -0.3 is 10.2 Å². The third-order valence-electron chi connectivity index (χ3n) is 5.89. The summed E-state index contributed by atoms with van der Waals surface area (Å²) >= 11 is 0. The molecule has 1 fully saturated rings. The second-order valence-corrected chi connectivity index (χ2v) is 7.88. The van der Waals surface area contributed by atoms with E-state index in [9.17, 15) is 15.0 Å². The van der Waals surface area contributed by atoms with Crippen LogP contribution in [0.1, 0.15) is 31.7 Å². The molecule has 7 heteroatoms. The highest BCUT2D eigenvalue weighted by molar-refractivity contribution is 5.77. The van der Waals surface area contributed by atoms with Crippen molar-refractivity contribution in [1.82, 2.24) is 19.5 Å². The maximum Gasteiger partial charge on any atom is 0.313 e. The van der Waals surface area contributed by atoms with Crippen molar-refractivity contribution in [3.8, 4) is 11.1 Å². The Morgan fingerprint density at radius 3 is 2.79 bits per heavy atom. The van der Waals surface area contributed by atoms with Crippen molar-refractivity contribution in [2.75, 3.05) is 13.1 Å². The Hall–Kier alpha value is -2.77. The van der Waals surface area contributed by atoms with Crippen LogP contribution >= 0.6 is 0 Å². The van der Waals surface area contributed by atoms with Crippen molar-refractivity contribution in [3.63, 3.8) is 0 Å². The third kappa shape index (κ3) is 3.63. The fourth-order valence-corrected chi connectivity index (χ4v) is 4.38. The first-order valence-electron chi connectivity index (χ1n) is 10.0. The van der Waals surface area contributed by atoms with Crippen LogP contribution in [0, 0.1) is 5.41 Å². The Labute approximate surface area is 169 Å². The van der Waals surface area contributed by atoms with Crippen molar-refractivity contribution in [2.45, 2.75) is 38.8 Å². The predicted octanol–water partition coefficient (Wildman–Crippen LogP) is 2.83. The molecule has 0 bridgehead atoms. The number of carbonyl (C=O) groups is 1. The molecule has 0 spiro atoms. The number of fused-ring (bicyclic) bond motifs is 1. The van der Waals surface area contributed by atoms with E-state index < -0.39 is 17.5 Å². The molecule has 1 saturated heterocycles. The Morgan fingerprint density at radius 1 is 1.28 bits per heavy atom. The van der Waals surface area contributed by atoms with Gasteiger partial charge in [-0.15, -0.1) is 0 Å². The number of benzene rings is 1. The Bertz CT molecular complexity index is 1000. The number of aromatic nitrogens is 3. The largest absolute Gasteiger partial charge is 0.481 e. The monoisotopic (exact) mass is 394 g/mol. The van der Waals surface area contributed by atoms with Crippen molar-refractivity contribution in [1.29, 1.82) is 0 Å². The Balaban J connectivity index is 1.56. The quantitative estimate of drug-likeness (QED) is 0.668. The van der Waals surface area contributed by atoms with Gasteiger partial charge in [0.1, 0.15) is 5.41 Å². The average Bonchev–Trinajstić information content (AvgIpc) is 3.14. The van der Waals surface area contributed by atoms with E-state index in [1.807, 2.05) is 55.8 Å². The zero-order valence-electron chi connectivity index (χ0n) is 16.5. The smallest absolute Gasteiger partial charge is 0.313 e. The number of aliphatic carboxylic acids is 1. The molecule has 0 amide bonds. The van der Waals surface area contributed by atoms with E-state index in [1.165, 1.54) is 0 Å². The first kappa shape index (κ1) is 19.5. The molecule has 1 aromatic carbocycles. The maximum absolute atomic E-state index is 12.0. The topological polar surface area (TPSA) is 91.0 Å². The predicted molar refractivity (Wildman–Crippen MR) is 109 cm³/mol. The first-order chi connectivity index (χ1) is 14.0. The molecule has 152 valence electrons. The van der Waals surface area contributed by atoms with Crippen LogP contribution < -0.4 is 0 Å². The summed E-state index contributed by atoms with van der Waals surface area (Å²) in [5.41, 5.74) is 2.70. The number of aliphatic hydroxyl groups is 1. The van der Waals surface area contributed by atoms with E-state index in [2.05, 4.69) is 15.0 Å². The number of hydrogen-bond donors (Lipinski definition) is 2. The van der Waals surface area contributed by atoms with E-state index in [0.29, 0.717) is 32.5 Å². The van der Waals surface area contributed by atoms with Crippen LogP contribution in [-0.2, 0) is 11.3 Å². The highest BCUT2D eigenvalue weighted by Crippen LogP contribution is 2.36. The molecule has 2 N–H and O–H groups in total. The number of aliphatic hydroxyl groups excluding tert-OH is 1. The van der Waals surface area contributed by atoms with E-state index in [4.69, 9.17) is 0 Å². The molecule has 1 aliphatic rings. The number of carboxylic acid groups (broad SMARTS) is 1. The van der Waals surface area contributed by atoms with E-state index >= 15 is 0 Å². The van der Waals surface area contributed by atoms with E-state index in [1.54, 1.807) is 4.52 Å². The lowest BCUT2D eigenvalue weighted by Crippen LogP contribution is -2.55. The molecule has 4 rings (SSSR count). The van der Waals surface area contributed by atoms with Gasteiger partial charge in [-0.2, -0.15) is 5.10 Å². The summed E-state index contributed by atoms with van der Waals surface area (Å²) < 4.78 is 1.77. The SMILES string of the molecule is CCC[C@@]1(C(=O)O)CN(Cc2cnc3c(-c4ccccc4)cnn3c2)CC[C@H]1O. The number of rotatable bonds is 6. The second kappa shape index (κ2) is 7.93. The van der Waals surface area contributed by atoms with Gasteiger partial charge in [-0.1, -0.05) is 43.7 Å². The van der Waals surface area contributed by atoms with Gasteiger partial charge in [0.2, 0.25) is 0 Å². The molecule has 2 atom stereocenters. The fraction of sp³-hybridized carbons (Fsp3) is 0.409. The molecule has 0 unspecified atom stereocenters. The number of likely N-dealkylation sites (tertiary alicyclic amines) is 1. The van der Waals surface area contributed by atoms with Gasteiger partial charge in [0, 0.05) is 43.2 Å². The standard InChI is InChI=1S/C22H26N4O3/c1-2-9-22(21(28)29)15-25(10-8-19(22)27)13-16-11-23-20-18(12-24-26(20)14-16)17-6-4-3-5-7-17/h3-7,11-12,14,19,27H,2,8-10,13,15H2,1H3,(H,28,29)/t19-,22-/m1/s1. The van der Waals surface area contributed by atoms with Gasteiger partial charge in [-0.05, 0) is 18.4 Å². The Morgan fingerprint density at radius 2 is 2.07 bits per heavy atom. The lowest BCUT2D eigenvalue weighted by atomic mass is 9.74. The van der Waals surface area contributed by atoms with Crippen molar-refractivity contribution >= 4 is 11.6 Å². The lowest BCUT2D eigenvalue weighted by molar-refractivity contribution is -0.164.